The fraction of sp³-hybridized carbons (Fsp3) is 0.227. The van der Waals surface area contributed by atoms with Crippen molar-refractivity contribution in [3.63, 3.8) is 0 Å². The van der Waals surface area contributed by atoms with E-state index in [2.05, 4.69) is 25.0 Å². The molecule has 0 saturated carbocycles. The van der Waals surface area contributed by atoms with E-state index in [1.165, 1.54) is 35.7 Å². The molecule has 5 aromatic rings. The second-order valence-corrected chi connectivity index (χ2v) is 9.21. The topological polar surface area (TPSA) is 106 Å². The molecule has 6 rings (SSSR count). The van der Waals surface area contributed by atoms with Crippen molar-refractivity contribution in [1.29, 1.82) is 0 Å². The number of halogens is 4. The minimum atomic E-state index is -4.73. The quantitative estimate of drug-likeness (QED) is 0.357. The molecule has 0 fully saturated rings. The number of alkyl halides is 3. The first-order chi connectivity index (χ1) is 17.2. The Labute approximate surface area is 203 Å². The maximum atomic E-state index is 14.3. The summed E-state index contributed by atoms with van der Waals surface area (Å²) >= 11 is 1.23. The van der Waals surface area contributed by atoms with Crippen LogP contribution in [0.15, 0.2) is 41.3 Å². The molecule has 5 heterocycles. The fourth-order valence-electron chi connectivity index (χ4n) is 4.29. The number of para-hydroxylation sites is 1. The number of aryl methyl sites for hydroxylation is 1. The van der Waals surface area contributed by atoms with Crippen LogP contribution in [0.4, 0.5) is 17.6 Å². The van der Waals surface area contributed by atoms with Crippen molar-refractivity contribution in [3.05, 3.63) is 70.6 Å². The van der Waals surface area contributed by atoms with Crippen LogP contribution in [-0.2, 0) is 19.6 Å². The third-order valence-electron chi connectivity index (χ3n) is 5.85. The van der Waals surface area contributed by atoms with Crippen LogP contribution < -0.4 is 0 Å². The molecule has 0 spiro atoms. The number of carbonyl (C=O) groups excluding carboxylic acids is 1. The second kappa shape index (κ2) is 7.98. The van der Waals surface area contributed by atoms with Gasteiger partial charge in [0.1, 0.15) is 22.4 Å². The van der Waals surface area contributed by atoms with Gasteiger partial charge >= 0.3 is 6.18 Å². The number of hydrogen-bond acceptors (Lipinski definition) is 7. The number of fused-ring (bicyclic) bond motifs is 2. The van der Waals surface area contributed by atoms with E-state index < -0.39 is 29.6 Å². The van der Waals surface area contributed by atoms with Crippen molar-refractivity contribution in [2.75, 3.05) is 6.54 Å². The zero-order valence-corrected chi connectivity index (χ0v) is 19.2. The number of imidazole rings is 1. The van der Waals surface area contributed by atoms with E-state index in [1.807, 2.05) is 0 Å². The summed E-state index contributed by atoms with van der Waals surface area (Å²) < 4.78 is 61.7. The lowest BCUT2D eigenvalue weighted by Crippen LogP contribution is -2.40. The van der Waals surface area contributed by atoms with Gasteiger partial charge < -0.3 is 14.3 Å². The fourth-order valence-corrected chi connectivity index (χ4v) is 5.39. The van der Waals surface area contributed by atoms with Gasteiger partial charge in [-0.05, 0) is 12.1 Å². The first kappa shape index (κ1) is 22.4. The average Bonchev–Trinajstić information content (AvgIpc) is 3.62. The molecule has 1 aliphatic heterocycles. The molecule has 184 valence electrons. The molecular weight excluding hydrogens is 502 g/mol. The van der Waals surface area contributed by atoms with Gasteiger partial charge in [0.25, 0.3) is 5.91 Å². The molecule has 0 aliphatic carbocycles. The lowest BCUT2D eigenvalue weighted by Gasteiger charge is -2.33. The van der Waals surface area contributed by atoms with E-state index in [9.17, 15) is 22.4 Å². The van der Waals surface area contributed by atoms with Crippen LogP contribution in [0.5, 0.6) is 0 Å². The molecule has 0 bridgehead atoms. The molecule has 1 aliphatic rings. The number of carbonyl (C=O) groups is 1. The minimum absolute atomic E-state index is 0.186. The third kappa shape index (κ3) is 3.56. The van der Waals surface area contributed by atoms with Crippen LogP contribution in [0.3, 0.4) is 0 Å². The van der Waals surface area contributed by atoms with Crippen molar-refractivity contribution in [1.82, 2.24) is 34.6 Å². The van der Waals surface area contributed by atoms with Crippen LogP contribution in [0.25, 0.3) is 21.7 Å². The summed E-state index contributed by atoms with van der Waals surface area (Å²) in [5.74, 6) is -1.72. The summed E-state index contributed by atoms with van der Waals surface area (Å²) in [6.45, 7) is 0.244. The molecule has 1 atom stereocenters. The molecule has 4 aromatic heterocycles. The molecule has 9 nitrogen and oxygen atoms in total. The van der Waals surface area contributed by atoms with Gasteiger partial charge in [0, 0.05) is 31.9 Å². The third-order valence-corrected chi connectivity index (χ3v) is 6.92. The summed E-state index contributed by atoms with van der Waals surface area (Å²) in [4.78, 5) is 30.8. The standard InChI is InChI=1S/C22H15F4N7O2S/c1-32-8-10(18(31-32)22(24,25)26)19-27-7-13(35-19)21(34)33-6-5-12-16(29-9-28-12)17(33)20-30-15-11(23)3-2-4-14(15)36-20/h2-4,7-9,17H,5-6H2,1H3,(H,28,29)/t17-/m0/s1. The number of benzene rings is 1. The van der Waals surface area contributed by atoms with Crippen molar-refractivity contribution in [2.24, 2.45) is 7.05 Å². The SMILES string of the molecule is Cn1cc(-c2ncc(C(=O)N3CCc4[nH]cnc4[C@H]3c3nc4c(F)cccc4s3)o2)c(C(F)(F)F)n1. The van der Waals surface area contributed by atoms with Gasteiger partial charge in [-0.2, -0.15) is 18.3 Å². The Bertz CT molecular complexity index is 1620. The Kier molecular flexibility index (Phi) is 4.96. The highest BCUT2D eigenvalue weighted by molar-refractivity contribution is 7.18. The number of nitrogens with one attached hydrogen (secondary N) is 1. The van der Waals surface area contributed by atoms with E-state index >= 15 is 0 Å². The predicted molar refractivity (Wildman–Crippen MR) is 118 cm³/mol. The highest BCUT2D eigenvalue weighted by atomic mass is 32.1. The largest absolute Gasteiger partial charge is 0.435 e. The van der Waals surface area contributed by atoms with Gasteiger partial charge in [-0.1, -0.05) is 6.07 Å². The molecule has 14 heteroatoms. The van der Waals surface area contributed by atoms with E-state index in [1.54, 1.807) is 12.1 Å². The zero-order valence-electron chi connectivity index (χ0n) is 18.4. The van der Waals surface area contributed by atoms with Crippen molar-refractivity contribution in [3.8, 4) is 11.5 Å². The van der Waals surface area contributed by atoms with Crippen molar-refractivity contribution < 1.29 is 26.8 Å². The zero-order chi connectivity index (χ0) is 25.2. The number of hydrogen-bond donors (Lipinski definition) is 1. The van der Waals surface area contributed by atoms with Gasteiger partial charge in [0.05, 0.1) is 28.5 Å². The Morgan fingerprint density at radius 1 is 1.28 bits per heavy atom. The van der Waals surface area contributed by atoms with E-state index in [0.29, 0.717) is 21.8 Å². The maximum Gasteiger partial charge on any atom is 0.435 e. The Balaban J connectivity index is 1.40. The Morgan fingerprint density at radius 2 is 2.11 bits per heavy atom. The molecule has 1 N–H and O–H groups in total. The molecule has 0 saturated heterocycles. The number of thiazole rings is 1. The molecule has 36 heavy (non-hydrogen) atoms. The van der Waals surface area contributed by atoms with Crippen LogP contribution in [-0.4, -0.2) is 47.1 Å². The second-order valence-electron chi connectivity index (χ2n) is 8.15. The van der Waals surface area contributed by atoms with Gasteiger partial charge in [0.2, 0.25) is 11.7 Å². The Morgan fingerprint density at radius 3 is 2.89 bits per heavy atom. The van der Waals surface area contributed by atoms with Crippen LogP contribution in [0.1, 0.15) is 38.7 Å². The molecule has 0 radical (unpaired) electrons. The predicted octanol–water partition coefficient (Wildman–Crippen LogP) is 4.35. The number of amides is 1. The minimum Gasteiger partial charge on any atom is -0.431 e. The highest BCUT2D eigenvalue weighted by Crippen LogP contribution is 2.39. The first-order valence-electron chi connectivity index (χ1n) is 10.7. The summed E-state index contributed by atoms with van der Waals surface area (Å²) in [6.07, 6.45) is -0.560. The van der Waals surface area contributed by atoms with Crippen molar-refractivity contribution in [2.45, 2.75) is 18.6 Å². The van der Waals surface area contributed by atoms with Crippen LogP contribution >= 0.6 is 11.3 Å². The number of aromatic nitrogens is 6. The molecule has 1 aromatic carbocycles. The normalized spacial score (nSPS) is 16.0. The van der Waals surface area contributed by atoms with Crippen molar-refractivity contribution >= 4 is 27.5 Å². The summed E-state index contributed by atoms with van der Waals surface area (Å²) in [5.41, 5.74) is 0.00764. The van der Waals surface area contributed by atoms with Gasteiger partial charge in [-0.15, -0.1) is 11.3 Å². The highest BCUT2D eigenvalue weighted by Gasteiger charge is 2.40. The number of oxazole rings is 1. The average molecular weight is 517 g/mol. The maximum absolute atomic E-state index is 14.3. The van der Waals surface area contributed by atoms with Gasteiger partial charge in [0.15, 0.2) is 5.69 Å². The first-order valence-corrected chi connectivity index (χ1v) is 11.5. The van der Waals surface area contributed by atoms with E-state index in [4.69, 9.17) is 4.42 Å². The van der Waals surface area contributed by atoms with Crippen LogP contribution in [0.2, 0.25) is 0 Å². The summed E-state index contributed by atoms with van der Waals surface area (Å²) in [6, 6.07) is 3.86. The number of nitrogens with zero attached hydrogens (tertiary/aromatic N) is 6. The van der Waals surface area contributed by atoms with E-state index in [-0.39, 0.29) is 29.3 Å². The monoisotopic (exact) mass is 517 g/mol. The lowest BCUT2D eigenvalue weighted by atomic mass is 10.0. The smallest absolute Gasteiger partial charge is 0.431 e. The molecular formula is C22H15F4N7O2S. The number of aromatic amines is 1. The summed E-state index contributed by atoms with van der Waals surface area (Å²) in [7, 11) is 1.34. The van der Waals surface area contributed by atoms with Gasteiger partial charge in [-0.3, -0.25) is 9.48 Å². The molecule has 1 amide bonds. The summed E-state index contributed by atoms with van der Waals surface area (Å²) in [5, 5.41) is 3.90. The van der Waals surface area contributed by atoms with Gasteiger partial charge in [-0.25, -0.2) is 19.3 Å². The number of rotatable bonds is 3. The number of H-pyrrole nitrogens is 1. The molecule has 0 unspecified atom stereocenters. The van der Waals surface area contributed by atoms with E-state index in [0.717, 1.165) is 22.8 Å². The Hall–Kier alpha value is -4.07. The lowest BCUT2D eigenvalue weighted by molar-refractivity contribution is -0.141. The van der Waals surface area contributed by atoms with Crippen LogP contribution in [0, 0.1) is 5.82 Å².